The number of furan rings is 1. The summed E-state index contributed by atoms with van der Waals surface area (Å²) in [6.07, 6.45) is 0.123. The Hall–Kier alpha value is -0.880. The third kappa shape index (κ3) is 5.43. The predicted molar refractivity (Wildman–Crippen MR) is 82.2 cm³/mol. The van der Waals surface area contributed by atoms with Crippen LogP contribution in [-0.2, 0) is 11.3 Å². The molecule has 0 radical (unpaired) electrons. The van der Waals surface area contributed by atoms with Crippen LogP contribution in [-0.4, -0.2) is 66.4 Å². The summed E-state index contributed by atoms with van der Waals surface area (Å²) in [6, 6.07) is 3.96. The molecule has 1 N–H and O–H groups in total. The number of ether oxygens (including phenoxy) is 1. The minimum absolute atomic E-state index is 0.241. The molecule has 1 aliphatic rings. The van der Waals surface area contributed by atoms with Crippen LogP contribution in [0.3, 0.4) is 0 Å². The second kappa shape index (κ2) is 7.40. The molecule has 1 aromatic rings. The lowest BCUT2D eigenvalue weighted by Crippen LogP contribution is -2.49. The van der Waals surface area contributed by atoms with Gasteiger partial charge < -0.3 is 14.3 Å². The molecule has 0 bridgehead atoms. The predicted octanol–water partition coefficient (Wildman–Crippen LogP) is 1.49. The van der Waals surface area contributed by atoms with E-state index >= 15 is 0 Å². The van der Waals surface area contributed by atoms with Gasteiger partial charge in [-0.15, -0.1) is 0 Å². The molecule has 1 aromatic heterocycles. The van der Waals surface area contributed by atoms with Crippen molar-refractivity contribution in [2.45, 2.75) is 45.6 Å². The van der Waals surface area contributed by atoms with Gasteiger partial charge in [-0.2, -0.15) is 0 Å². The Bertz CT molecular complexity index is 425. The summed E-state index contributed by atoms with van der Waals surface area (Å²) in [5.74, 6) is 1.87. The van der Waals surface area contributed by atoms with E-state index in [0.29, 0.717) is 13.1 Å². The van der Waals surface area contributed by atoms with Crippen molar-refractivity contribution in [2.24, 2.45) is 0 Å². The quantitative estimate of drug-likeness (QED) is 0.862. The van der Waals surface area contributed by atoms with Gasteiger partial charge in [-0.1, -0.05) is 0 Å². The summed E-state index contributed by atoms with van der Waals surface area (Å²) >= 11 is 0. The number of hydrogen-bond donors (Lipinski definition) is 1. The molecule has 0 saturated carbocycles. The fourth-order valence-corrected chi connectivity index (χ4v) is 3.05. The molecule has 0 amide bonds. The van der Waals surface area contributed by atoms with Crippen LogP contribution in [0.4, 0.5) is 0 Å². The zero-order valence-electron chi connectivity index (χ0n) is 13.6. The summed E-state index contributed by atoms with van der Waals surface area (Å²) in [7, 11) is 2.01. The monoisotopic (exact) mass is 296 g/mol. The molecule has 21 heavy (non-hydrogen) atoms. The zero-order chi connectivity index (χ0) is 15.4. The molecule has 5 nitrogen and oxygen atoms in total. The number of aliphatic hydroxyl groups is 1. The third-order valence-electron chi connectivity index (χ3n) is 3.71. The molecule has 3 unspecified atom stereocenters. The van der Waals surface area contributed by atoms with Crippen LogP contribution in [0, 0.1) is 6.92 Å². The summed E-state index contributed by atoms with van der Waals surface area (Å²) in [5.41, 5.74) is 0. The van der Waals surface area contributed by atoms with Gasteiger partial charge in [0.1, 0.15) is 11.5 Å². The van der Waals surface area contributed by atoms with Crippen LogP contribution in [0.15, 0.2) is 16.5 Å². The summed E-state index contributed by atoms with van der Waals surface area (Å²) in [4.78, 5) is 4.38. The largest absolute Gasteiger partial charge is 0.465 e. The van der Waals surface area contributed by atoms with Crippen LogP contribution >= 0.6 is 0 Å². The topological polar surface area (TPSA) is 49.1 Å². The molecule has 2 heterocycles. The molecule has 3 atom stereocenters. The number of likely N-dealkylation sites (N-methyl/N-ethyl adjacent to an activating group) is 1. The van der Waals surface area contributed by atoms with Gasteiger partial charge in [0.15, 0.2) is 0 Å². The number of hydrogen-bond acceptors (Lipinski definition) is 5. The Morgan fingerprint density at radius 2 is 2.00 bits per heavy atom. The Kier molecular flexibility index (Phi) is 5.81. The van der Waals surface area contributed by atoms with Gasteiger partial charge in [0, 0.05) is 26.2 Å². The van der Waals surface area contributed by atoms with E-state index in [1.165, 1.54) is 0 Å². The maximum Gasteiger partial charge on any atom is 0.118 e. The number of β-amino-alcohol motifs (C(OH)–C–C–N with tert-alkyl or cyclic N) is 1. The Morgan fingerprint density at radius 3 is 2.57 bits per heavy atom. The first-order chi connectivity index (χ1) is 9.92. The molecule has 120 valence electrons. The minimum Gasteiger partial charge on any atom is -0.465 e. The fourth-order valence-electron chi connectivity index (χ4n) is 3.05. The van der Waals surface area contributed by atoms with E-state index in [1.807, 2.05) is 26.1 Å². The van der Waals surface area contributed by atoms with Gasteiger partial charge in [0.05, 0.1) is 24.9 Å². The highest BCUT2D eigenvalue weighted by Crippen LogP contribution is 2.12. The van der Waals surface area contributed by atoms with Gasteiger partial charge in [-0.25, -0.2) is 0 Å². The van der Waals surface area contributed by atoms with E-state index in [0.717, 1.165) is 31.2 Å². The summed E-state index contributed by atoms with van der Waals surface area (Å²) in [5, 5.41) is 10.3. The molecule has 1 aliphatic heterocycles. The van der Waals surface area contributed by atoms with Gasteiger partial charge in [0.25, 0.3) is 0 Å². The maximum absolute atomic E-state index is 10.3. The van der Waals surface area contributed by atoms with Crippen molar-refractivity contribution in [3.8, 4) is 0 Å². The lowest BCUT2D eigenvalue weighted by Gasteiger charge is -2.36. The van der Waals surface area contributed by atoms with Crippen molar-refractivity contribution in [2.75, 3.05) is 33.2 Å². The zero-order valence-corrected chi connectivity index (χ0v) is 13.6. The molecule has 1 fully saturated rings. The van der Waals surface area contributed by atoms with Gasteiger partial charge in [-0.3, -0.25) is 9.80 Å². The highest BCUT2D eigenvalue weighted by molar-refractivity contribution is 5.05. The summed E-state index contributed by atoms with van der Waals surface area (Å²) < 4.78 is 11.3. The van der Waals surface area contributed by atoms with Gasteiger partial charge in [-0.05, 0) is 40.0 Å². The second-order valence-electron chi connectivity index (χ2n) is 6.34. The van der Waals surface area contributed by atoms with Crippen LogP contribution in [0.2, 0.25) is 0 Å². The lowest BCUT2D eigenvalue weighted by atomic mass is 10.2. The van der Waals surface area contributed by atoms with E-state index < -0.39 is 0 Å². The number of rotatable bonds is 6. The number of aryl methyl sites for hydroxylation is 1. The highest BCUT2D eigenvalue weighted by atomic mass is 16.5. The van der Waals surface area contributed by atoms with E-state index in [2.05, 4.69) is 23.6 Å². The van der Waals surface area contributed by atoms with Crippen LogP contribution in [0.25, 0.3) is 0 Å². The van der Waals surface area contributed by atoms with Crippen molar-refractivity contribution in [3.05, 3.63) is 23.7 Å². The van der Waals surface area contributed by atoms with Crippen molar-refractivity contribution in [1.29, 1.82) is 0 Å². The fraction of sp³-hybridized carbons (Fsp3) is 0.750. The Balaban J connectivity index is 1.74. The highest BCUT2D eigenvalue weighted by Gasteiger charge is 2.24. The first-order valence-electron chi connectivity index (χ1n) is 7.72. The summed E-state index contributed by atoms with van der Waals surface area (Å²) in [6.45, 7) is 9.95. The van der Waals surface area contributed by atoms with E-state index in [1.54, 1.807) is 0 Å². The van der Waals surface area contributed by atoms with E-state index in [9.17, 15) is 5.11 Å². The first-order valence-corrected chi connectivity index (χ1v) is 7.72. The molecule has 0 spiro atoms. The lowest BCUT2D eigenvalue weighted by molar-refractivity contribution is -0.0778. The second-order valence-corrected chi connectivity index (χ2v) is 6.34. The SMILES string of the molecule is Cc1ccc(CN(C)CC(O)CN2CC(C)OC(C)C2)o1. The van der Waals surface area contributed by atoms with Crippen LogP contribution in [0.1, 0.15) is 25.4 Å². The molecule has 1 saturated heterocycles. The van der Waals surface area contributed by atoms with Crippen molar-refractivity contribution >= 4 is 0 Å². The van der Waals surface area contributed by atoms with E-state index in [4.69, 9.17) is 9.15 Å². The number of aliphatic hydroxyl groups excluding tert-OH is 1. The number of nitrogens with zero attached hydrogens (tertiary/aromatic N) is 2. The number of morpholine rings is 1. The standard InChI is InChI=1S/C16H28N2O3/c1-12-5-6-16(21-12)11-17(4)9-15(19)10-18-7-13(2)20-14(3)8-18/h5-6,13-15,19H,7-11H2,1-4H3. The molecular weight excluding hydrogens is 268 g/mol. The maximum atomic E-state index is 10.3. The minimum atomic E-state index is -0.358. The normalized spacial score (nSPS) is 25.4. The molecule has 0 aliphatic carbocycles. The van der Waals surface area contributed by atoms with Crippen molar-refractivity contribution in [1.82, 2.24) is 9.80 Å². The van der Waals surface area contributed by atoms with Crippen LogP contribution < -0.4 is 0 Å². The van der Waals surface area contributed by atoms with Gasteiger partial charge >= 0.3 is 0 Å². The Labute approximate surface area is 127 Å². The Morgan fingerprint density at radius 1 is 1.33 bits per heavy atom. The average Bonchev–Trinajstić information content (AvgIpc) is 2.72. The van der Waals surface area contributed by atoms with Crippen LogP contribution in [0.5, 0.6) is 0 Å². The molecule has 2 rings (SSSR count). The molecular formula is C16H28N2O3. The first kappa shape index (κ1) is 16.5. The van der Waals surface area contributed by atoms with Crippen molar-refractivity contribution < 1.29 is 14.3 Å². The van der Waals surface area contributed by atoms with Crippen molar-refractivity contribution in [3.63, 3.8) is 0 Å². The molecule has 5 heteroatoms. The molecule has 0 aromatic carbocycles. The van der Waals surface area contributed by atoms with E-state index in [-0.39, 0.29) is 18.3 Å². The smallest absolute Gasteiger partial charge is 0.118 e. The average molecular weight is 296 g/mol. The third-order valence-corrected chi connectivity index (χ3v) is 3.71. The van der Waals surface area contributed by atoms with Gasteiger partial charge in [0.2, 0.25) is 0 Å².